The van der Waals surface area contributed by atoms with E-state index in [2.05, 4.69) is 49.5 Å². The summed E-state index contributed by atoms with van der Waals surface area (Å²) in [4.78, 5) is 82.9. The lowest BCUT2D eigenvalue weighted by Gasteiger charge is -2.39. The molecule has 4 saturated heterocycles. The summed E-state index contributed by atoms with van der Waals surface area (Å²) in [5.41, 5.74) is 1.13. The number of sulfonamides is 1. The summed E-state index contributed by atoms with van der Waals surface area (Å²) in [7, 11) is -11.2. The first-order chi connectivity index (χ1) is 51.1. The maximum Gasteiger partial charge on any atom is 0.501 e. The van der Waals surface area contributed by atoms with Crippen molar-refractivity contribution in [2.45, 2.75) is 163 Å². The average molecular weight is 1590 g/mol. The number of fused-ring (bicyclic) bond motifs is 1. The molecule has 4 aliphatic heterocycles. The van der Waals surface area contributed by atoms with Crippen molar-refractivity contribution in [3.63, 3.8) is 0 Å². The maximum absolute atomic E-state index is 15.2. The number of aryl methyl sites for hydroxylation is 1. The number of alkyl halides is 3. The number of β-amino-alcohol motifs (C(OH)–C–C–N with tert-alkyl or cyclic N) is 1. The molecule has 5 aliphatic rings. The van der Waals surface area contributed by atoms with Gasteiger partial charge in [-0.3, -0.25) is 28.9 Å². The molecule has 0 saturated carbocycles. The minimum atomic E-state index is -6.19. The highest BCUT2D eigenvalue weighted by Gasteiger charge is 2.50. The van der Waals surface area contributed by atoms with Gasteiger partial charge in [0.2, 0.25) is 23.6 Å². The molecule has 5 heterocycles. The van der Waals surface area contributed by atoms with Crippen molar-refractivity contribution in [1.82, 2.24) is 39.9 Å². The summed E-state index contributed by atoms with van der Waals surface area (Å²) in [6, 6.07) is 27.5. The number of halogens is 5. The summed E-state index contributed by atoms with van der Waals surface area (Å²) in [6.45, 7) is 19.8. The number of thioether (sulfide) groups is 1. The molecule has 11 rings (SSSR count). The molecule has 29 heteroatoms. The lowest BCUT2D eigenvalue weighted by atomic mass is 9.72. The average Bonchev–Trinajstić information content (AvgIpc) is 1.07. The molecule has 582 valence electrons. The van der Waals surface area contributed by atoms with Crippen molar-refractivity contribution >= 4 is 101 Å². The minimum Gasteiger partial charge on any atom is -0.391 e. The molecule has 5 amide bonds. The number of piperazine rings is 1. The number of hydrogen-bond donors (Lipinski definition) is 5. The molecule has 4 fully saturated rings. The summed E-state index contributed by atoms with van der Waals surface area (Å²) >= 11 is 9.05. The Bertz CT molecular complexity index is 4490. The van der Waals surface area contributed by atoms with E-state index in [1.54, 1.807) is 41.1 Å². The Labute approximate surface area is 644 Å². The zero-order valence-electron chi connectivity index (χ0n) is 62.0. The Morgan fingerprint density at radius 1 is 0.806 bits per heavy atom. The number of nitrogens with one attached hydrogen (secondary N) is 4. The molecule has 1 aromatic heterocycles. The molecule has 5 aromatic carbocycles. The molecular formula is C79H97ClF4N10O10S4. The number of aromatic nitrogens is 1. The Balaban J connectivity index is 0.645. The predicted molar refractivity (Wildman–Crippen MR) is 414 cm³/mol. The highest BCUT2D eigenvalue weighted by molar-refractivity contribution is 7.99. The van der Waals surface area contributed by atoms with Crippen LogP contribution in [0.5, 0.6) is 0 Å². The van der Waals surface area contributed by atoms with E-state index in [4.69, 9.17) is 11.6 Å². The lowest BCUT2D eigenvalue weighted by Crippen LogP contribution is -2.57. The van der Waals surface area contributed by atoms with E-state index in [1.807, 2.05) is 98.8 Å². The van der Waals surface area contributed by atoms with Gasteiger partial charge in [-0.2, -0.15) is 13.2 Å². The van der Waals surface area contributed by atoms with Gasteiger partial charge in [-0.25, -0.2) is 30.9 Å². The molecule has 108 heavy (non-hydrogen) atoms. The number of carbonyl (C=O) groups is 5. The molecular weight excluding hydrogens is 1490 g/mol. The normalized spacial score (nSPS) is 20.3. The van der Waals surface area contributed by atoms with Crippen molar-refractivity contribution in [3.8, 4) is 10.4 Å². The number of aliphatic hydroxyl groups is 1. The first kappa shape index (κ1) is 81.5. The van der Waals surface area contributed by atoms with E-state index in [0.29, 0.717) is 108 Å². The molecule has 4 unspecified atom stereocenters. The highest BCUT2D eigenvalue weighted by atomic mass is 35.5. The van der Waals surface area contributed by atoms with E-state index < -0.39 is 94.3 Å². The summed E-state index contributed by atoms with van der Waals surface area (Å²) in [5, 5.41) is 20.1. The van der Waals surface area contributed by atoms with Crippen LogP contribution in [0.15, 0.2) is 141 Å². The van der Waals surface area contributed by atoms with Crippen molar-refractivity contribution in [2.24, 2.45) is 22.7 Å². The van der Waals surface area contributed by atoms with Gasteiger partial charge in [0.05, 0.1) is 38.8 Å². The lowest BCUT2D eigenvalue weighted by molar-refractivity contribution is -0.144. The molecule has 20 nitrogen and oxygen atoms in total. The molecule has 1 aliphatic carbocycles. The van der Waals surface area contributed by atoms with E-state index in [9.17, 15) is 59.1 Å². The number of anilines is 2. The number of allylic oxidation sites excluding steroid dienone is 1. The number of amides is 5. The topological polar surface area (TPSA) is 251 Å². The van der Waals surface area contributed by atoms with Gasteiger partial charge < -0.3 is 40.7 Å². The third kappa shape index (κ3) is 20.2. The van der Waals surface area contributed by atoms with Crippen LogP contribution in [-0.4, -0.2) is 184 Å². The van der Waals surface area contributed by atoms with Gasteiger partial charge in [0.1, 0.15) is 22.8 Å². The van der Waals surface area contributed by atoms with Gasteiger partial charge in [-0.1, -0.05) is 107 Å². The van der Waals surface area contributed by atoms with Gasteiger partial charge in [0.15, 0.2) is 0 Å². The number of hydrogen-bond acceptors (Lipinski definition) is 17. The van der Waals surface area contributed by atoms with Crippen LogP contribution in [0, 0.1) is 35.4 Å². The summed E-state index contributed by atoms with van der Waals surface area (Å²) < 4.78 is 116. The van der Waals surface area contributed by atoms with Crippen LogP contribution in [0.4, 0.5) is 28.9 Å². The number of nitrogens with zero attached hydrogens (tertiary/aromatic N) is 6. The number of likely N-dealkylation sites (tertiary alicyclic amines) is 3. The van der Waals surface area contributed by atoms with Crippen molar-refractivity contribution in [2.75, 3.05) is 88.0 Å². The van der Waals surface area contributed by atoms with Crippen molar-refractivity contribution in [3.05, 3.63) is 160 Å². The Hall–Kier alpha value is -7.44. The quantitative estimate of drug-likeness (QED) is 0.0174. The SMILES string of the molecule is Cc1ncsc1-c1ccc([C@H](C)NC(=O)[C@@H]2C[C@@H](O)CN2C(=O)C(NC(=O)CCCCCC(=O)N2CC3CN(CCC(CSc4ccccc4)Nc4ccc(S(=O)(=O)NC(=O)c5ccc(N6CCN(CC7=C(c8ccc(Cl)cc8F)CCC(C)(C)C7)CC6)cc5)cc4S(=O)(=O)C(F)(F)F)CC3C2)C(C)(C)C)cc1. The fourth-order valence-corrected chi connectivity index (χ4v) is 19.3. The van der Waals surface area contributed by atoms with Gasteiger partial charge >= 0.3 is 5.51 Å². The third-order valence-corrected chi connectivity index (χ3v) is 26.7. The Kier molecular flexibility index (Phi) is 26.0. The van der Waals surface area contributed by atoms with Gasteiger partial charge in [-0.05, 0) is 158 Å². The smallest absolute Gasteiger partial charge is 0.391 e. The first-order valence-electron chi connectivity index (χ1n) is 36.9. The van der Waals surface area contributed by atoms with Gasteiger partial charge in [-0.15, -0.1) is 23.1 Å². The summed E-state index contributed by atoms with van der Waals surface area (Å²) in [5.74, 6) is -2.05. The number of thiazole rings is 1. The molecule has 5 N–H and O–H groups in total. The zero-order chi connectivity index (χ0) is 77.6. The van der Waals surface area contributed by atoms with Crippen LogP contribution in [0.3, 0.4) is 0 Å². The second-order valence-electron chi connectivity index (χ2n) is 31.2. The van der Waals surface area contributed by atoms with E-state index in [-0.39, 0.29) is 72.0 Å². The van der Waals surface area contributed by atoms with Crippen molar-refractivity contribution < 1.29 is 63.5 Å². The Morgan fingerprint density at radius 2 is 1.49 bits per heavy atom. The number of carbonyl (C=O) groups excluding carboxylic acids is 5. The fraction of sp³-hybridized carbons (Fsp3) is 0.494. The van der Waals surface area contributed by atoms with Crippen molar-refractivity contribution in [1.29, 1.82) is 0 Å². The number of benzene rings is 5. The number of rotatable bonds is 28. The van der Waals surface area contributed by atoms with Crippen LogP contribution in [0.25, 0.3) is 16.0 Å². The minimum absolute atomic E-state index is 0.000520. The van der Waals surface area contributed by atoms with Crippen LogP contribution in [-0.2, 0) is 39.0 Å². The standard InChI is InChI=1S/C79H97ClF4N10O10S4/c1-50(52-18-20-53(21-19-52)72-51(2)85-49-106-72)86-75(99)68-39-61(95)47-94(68)76(100)73(77(3,4)5)88-70(96)16-12-9-13-17-71(97)93-45-56-43-91(44-57(56)46-93)33-31-59(48-105-62-14-10-8-11-15-62)87-67-29-27-63(40-69(67)107(101,102)79(82,83)84)108(103,104)89-74(98)54-22-25-60(26-23-54)92-36-34-90(35-37-92)42-55-41-78(6,7)32-30-64(55)65-28-24-58(80)38-66(65)81/h8,10-11,14-15,18-29,38,40,49-50,56-57,59,61,68,73,87,95H,9,12-13,16-17,30-37,39,41-48H2,1-7H3,(H,86,99)(H,88,96)(H,89,98)/t50-,56?,57?,59?,61+,68-,73?/m0/s1. The second kappa shape index (κ2) is 34.4. The molecule has 7 atom stereocenters. The zero-order valence-corrected chi connectivity index (χ0v) is 66.0. The highest BCUT2D eigenvalue weighted by Crippen LogP contribution is 2.45. The van der Waals surface area contributed by atoms with E-state index in [1.165, 1.54) is 40.4 Å². The largest absolute Gasteiger partial charge is 0.501 e. The van der Waals surface area contributed by atoms with Crippen LogP contribution >= 0.6 is 34.7 Å². The molecule has 0 radical (unpaired) electrons. The molecule has 6 aromatic rings. The number of aliphatic hydroxyl groups excluding tert-OH is 1. The third-order valence-electron chi connectivity index (χ3n) is 21.4. The van der Waals surface area contributed by atoms with E-state index >= 15 is 4.39 Å². The van der Waals surface area contributed by atoms with Crippen LogP contribution in [0.1, 0.15) is 139 Å². The number of unbranched alkanes of at least 4 members (excludes halogenated alkanes) is 2. The van der Waals surface area contributed by atoms with E-state index in [0.717, 1.165) is 69.2 Å². The first-order valence-corrected chi connectivity index (χ1v) is 42.1. The summed E-state index contributed by atoms with van der Waals surface area (Å²) in [6.07, 6.45) is 3.94. The van der Waals surface area contributed by atoms with Crippen LogP contribution < -0.4 is 25.6 Å². The molecule has 0 spiro atoms. The number of sulfone groups is 1. The van der Waals surface area contributed by atoms with Crippen LogP contribution in [0.2, 0.25) is 5.02 Å². The second-order valence-corrected chi connectivity index (χ2v) is 37.2. The van der Waals surface area contributed by atoms with Gasteiger partial charge in [0.25, 0.3) is 25.8 Å². The molecule has 0 bridgehead atoms. The fourth-order valence-electron chi connectivity index (χ4n) is 15.3. The van der Waals surface area contributed by atoms with Gasteiger partial charge in [0, 0.05) is 130 Å². The maximum atomic E-state index is 15.2. The predicted octanol–water partition coefficient (Wildman–Crippen LogP) is 12.8. The monoisotopic (exact) mass is 1580 g/mol. The Morgan fingerprint density at radius 3 is 2.14 bits per heavy atom.